The van der Waals surface area contributed by atoms with Gasteiger partial charge in [-0.05, 0) is 48.9 Å². The molecule has 6 nitrogen and oxygen atoms in total. The van der Waals surface area contributed by atoms with Crippen molar-refractivity contribution < 1.29 is 17.9 Å². The number of carbonyl (C=O) groups is 1. The van der Waals surface area contributed by atoms with Crippen LogP contribution in [-0.4, -0.2) is 44.9 Å². The summed E-state index contributed by atoms with van der Waals surface area (Å²) in [5.74, 6) is -0.280. The van der Waals surface area contributed by atoms with Gasteiger partial charge < -0.3 is 10.1 Å². The topological polar surface area (TPSA) is 75.7 Å². The first-order chi connectivity index (χ1) is 12.9. The minimum Gasteiger partial charge on any atom is -0.379 e. The Balaban J connectivity index is 1.70. The van der Waals surface area contributed by atoms with E-state index in [9.17, 15) is 13.2 Å². The number of carbonyl (C=O) groups excluding carboxylic acids is 1. The smallest absolute Gasteiger partial charge is 0.251 e. The van der Waals surface area contributed by atoms with E-state index in [2.05, 4.69) is 5.32 Å². The zero-order valence-electron chi connectivity index (χ0n) is 14.9. The highest BCUT2D eigenvalue weighted by molar-refractivity contribution is 7.89. The summed E-state index contributed by atoms with van der Waals surface area (Å²) < 4.78 is 31.8. The van der Waals surface area contributed by atoms with Crippen molar-refractivity contribution in [2.45, 2.75) is 17.9 Å². The third-order valence-corrected chi connectivity index (χ3v) is 6.57. The number of morpholine rings is 1. The third-order valence-electron chi connectivity index (χ3n) is 4.42. The standard InChI is InChI=1S/C19H21ClN2O4S/c1-14(16-3-2-4-17(20)13-16)21-19(23)15-5-7-18(8-6-15)27(24,25)22-9-11-26-12-10-22/h2-8,13-14H,9-12H2,1H3,(H,21,23)/t14-/m0/s1. The largest absolute Gasteiger partial charge is 0.379 e. The van der Waals surface area contributed by atoms with E-state index in [4.69, 9.17) is 16.3 Å². The Hall–Kier alpha value is -1.93. The highest BCUT2D eigenvalue weighted by atomic mass is 35.5. The number of sulfonamides is 1. The van der Waals surface area contributed by atoms with Crippen LogP contribution in [0.5, 0.6) is 0 Å². The molecule has 0 bridgehead atoms. The van der Waals surface area contributed by atoms with Crippen LogP contribution in [0.25, 0.3) is 0 Å². The van der Waals surface area contributed by atoms with Gasteiger partial charge in [0.05, 0.1) is 24.2 Å². The summed E-state index contributed by atoms with van der Waals surface area (Å²) in [5, 5.41) is 3.49. The van der Waals surface area contributed by atoms with E-state index in [1.807, 2.05) is 19.1 Å². The number of hydrogen-bond acceptors (Lipinski definition) is 4. The van der Waals surface area contributed by atoms with E-state index in [0.29, 0.717) is 36.9 Å². The summed E-state index contributed by atoms with van der Waals surface area (Å²) in [6.45, 7) is 3.31. The van der Waals surface area contributed by atoms with Gasteiger partial charge in [0.1, 0.15) is 0 Å². The molecule has 2 aromatic rings. The molecule has 1 aliphatic heterocycles. The van der Waals surface area contributed by atoms with Gasteiger partial charge in [-0.15, -0.1) is 0 Å². The van der Waals surface area contributed by atoms with E-state index in [0.717, 1.165) is 5.56 Å². The van der Waals surface area contributed by atoms with Crippen molar-refractivity contribution >= 4 is 27.5 Å². The molecule has 1 N–H and O–H groups in total. The van der Waals surface area contributed by atoms with Gasteiger partial charge in [0.15, 0.2) is 0 Å². The summed E-state index contributed by atoms with van der Waals surface area (Å²) in [4.78, 5) is 12.6. The van der Waals surface area contributed by atoms with Crippen molar-refractivity contribution in [3.05, 3.63) is 64.7 Å². The first-order valence-electron chi connectivity index (χ1n) is 8.62. The molecule has 0 saturated carbocycles. The summed E-state index contributed by atoms with van der Waals surface area (Å²) in [7, 11) is -3.57. The molecule has 0 aromatic heterocycles. The fraction of sp³-hybridized carbons (Fsp3) is 0.316. The maximum atomic E-state index is 12.6. The number of hydrogen-bond donors (Lipinski definition) is 1. The van der Waals surface area contributed by atoms with Gasteiger partial charge in [-0.1, -0.05) is 23.7 Å². The minimum absolute atomic E-state index is 0.170. The van der Waals surface area contributed by atoms with Gasteiger partial charge in [-0.25, -0.2) is 8.42 Å². The number of benzene rings is 2. The first-order valence-corrected chi connectivity index (χ1v) is 10.4. The van der Waals surface area contributed by atoms with Crippen LogP contribution in [-0.2, 0) is 14.8 Å². The molecule has 3 rings (SSSR count). The molecule has 1 fully saturated rings. The van der Waals surface area contributed by atoms with E-state index in [1.54, 1.807) is 12.1 Å². The molecule has 8 heteroatoms. The van der Waals surface area contributed by atoms with Crippen molar-refractivity contribution in [2.24, 2.45) is 0 Å². The second-order valence-corrected chi connectivity index (χ2v) is 8.67. The van der Waals surface area contributed by atoms with Crippen molar-refractivity contribution in [1.29, 1.82) is 0 Å². The number of ether oxygens (including phenoxy) is 1. The Kier molecular flexibility index (Phi) is 6.16. The van der Waals surface area contributed by atoms with Crippen LogP contribution in [0.15, 0.2) is 53.4 Å². The van der Waals surface area contributed by atoms with Crippen molar-refractivity contribution in [1.82, 2.24) is 9.62 Å². The Bertz CT molecular complexity index is 910. The molecular formula is C19H21ClN2O4S. The average molecular weight is 409 g/mol. The van der Waals surface area contributed by atoms with Crippen molar-refractivity contribution in [3.63, 3.8) is 0 Å². The van der Waals surface area contributed by atoms with Crippen LogP contribution in [0.3, 0.4) is 0 Å². The van der Waals surface area contributed by atoms with Crippen LogP contribution in [0, 0.1) is 0 Å². The number of amides is 1. The minimum atomic E-state index is -3.57. The zero-order chi connectivity index (χ0) is 19.4. The number of nitrogens with zero attached hydrogens (tertiary/aromatic N) is 1. The summed E-state index contributed by atoms with van der Waals surface area (Å²) in [6.07, 6.45) is 0. The zero-order valence-corrected chi connectivity index (χ0v) is 16.5. The van der Waals surface area contributed by atoms with Crippen LogP contribution in [0.1, 0.15) is 28.9 Å². The molecule has 0 aliphatic carbocycles. The Labute approximate surface area is 164 Å². The molecule has 1 amide bonds. The van der Waals surface area contributed by atoms with Gasteiger partial charge >= 0.3 is 0 Å². The molecule has 0 unspecified atom stereocenters. The molecule has 144 valence electrons. The van der Waals surface area contributed by atoms with Gasteiger partial charge in [0.2, 0.25) is 10.0 Å². The molecule has 0 spiro atoms. The molecule has 1 atom stereocenters. The van der Waals surface area contributed by atoms with E-state index in [1.165, 1.54) is 28.6 Å². The van der Waals surface area contributed by atoms with Crippen LogP contribution >= 0.6 is 11.6 Å². The predicted octanol–water partition coefficient (Wildman–Crippen LogP) is 2.85. The molecule has 1 aliphatic rings. The lowest BCUT2D eigenvalue weighted by atomic mass is 10.1. The Morgan fingerprint density at radius 3 is 2.44 bits per heavy atom. The molecule has 2 aromatic carbocycles. The summed E-state index contributed by atoms with van der Waals surface area (Å²) in [6, 6.07) is 13.0. The Morgan fingerprint density at radius 2 is 1.81 bits per heavy atom. The van der Waals surface area contributed by atoms with Crippen LogP contribution in [0.4, 0.5) is 0 Å². The lowest BCUT2D eigenvalue weighted by molar-refractivity contribution is 0.0730. The normalized spacial score (nSPS) is 16.7. The van der Waals surface area contributed by atoms with Crippen LogP contribution < -0.4 is 5.32 Å². The fourth-order valence-corrected chi connectivity index (χ4v) is 4.46. The van der Waals surface area contributed by atoms with Crippen molar-refractivity contribution in [3.8, 4) is 0 Å². The van der Waals surface area contributed by atoms with Crippen molar-refractivity contribution in [2.75, 3.05) is 26.3 Å². The van der Waals surface area contributed by atoms with Crippen LogP contribution in [0.2, 0.25) is 5.02 Å². The number of halogens is 1. The van der Waals surface area contributed by atoms with Gasteiger partial charge in [-0.3, -0.25) is 4.79 Å². The SMILES string of the molecule is C[C@H](NC(=O)c1ccc(S(=O)(=O)N2CCOCC2)cc1)c1cccc(Cl)c1. The maximum absolute atomic E-state index is 12.6. The molecule has 1 saturated heterocycles. The van der Waals surface area contributed by atoms with E-state index < -0.39 is 10.0 Å². The lowest BCUT2D eigenvalue weighted by Gasteiger charge is -2.26. The van der Waals surface area contributed by atoms with Gasteiger partial charge in [0, 0.05) is 23.7 Å². The third kappa shape index (κ3) is 4.68. The quantitative estimate of drug-likeness (QED) is 0.825. The molecule has 1 heterocycles. The second-order valence-electron chi connectivity index (χ2n) is 6.29. The predicted molar refractivity (Wildman–Crippen MR) is 103 cm³/mol. The van der Waals surface area contributed by atoms with Gasteiger partial charge in [0.25, 0.3) is 5.91 Å². The maximum Gasteiger partial charge on any atom is 0.251 e. The fourth-order valence-electron chi connectivity index (χ4n) is 2.85. The van der Waals surface area contributed by atoms with Gasteiger partial charge in [-0.2, -0.15) is 4.31 Å². The molecular weight excluding hydrogens is 388 g/mol. The summed E-state index contributed by atoms with van der Waals surface area (Å²) in [5.41, 5.74) is 1.28. The molecule has 0 radical (unpaired) electrons. The Morgan fingerprint density at radius 1 is 1.15 bits per heavy atom. The van der Waals surface area contributed by atoms with E-state index in [-0.39, 0.29) is 16.8 Å². The lowest BCUT2D eigenvalue weighted by Crippen LogP contribution is -2.40. The number of rotatable bonds is 5. The first kappa shape index (κ1) is 19.8. The highest BCUT2D eigenvalue weighted by Crippen LogP contribution is 2.20. The monoisotopic (exact) mass is 408 g/mol. The average Bonchev–Trinajstić information content (AvgIpc) is 2.68. The van der Waals surface area contributed by atoms with E-state index >= 15 is 0 Å². The highest BCUT2D eigenvalue weighted by Gasteiger charge is 2.26. The second kappa shape index (κ2) is 8.39. The summed E-state index contributed by atoms with van der Waals surface area (Å²) >= 11 is 5.99. The molecule has 27 heavy (non-hydrogen) atoms. The number of nitrogens with one attached hydrogen (secondary N) is 1.